The molecule has 1 unspecified atom stereocenters. The van der Waals surface area contributed by atoms with Gasteiger partial charge in [-0.15, -0.1) is 0 Å². The van der Waals surface area contributed by atoms with Gasteiger partial charge < -0.3 is 15.6 Å². The number of rotatable bonds is 4. The molecule has 0 bridgehead atoms. The molecule has 0 amide bonds. The summed E-state index contributed by atoms with van der Waals surface area (Å²) in [6.07, 6.45) is -0.0944. The van der Waals surface area contributed by atoms with Crippen LogP contribution in [0, 0.1) is 11.6 Å². The molecule has 16 heavy (non-hydrogen) atoms. The van der Waals surface area contributed by atoms with Crippen LogP contribution in [0.15, 0.2) is 12.1 Å². The summed E-state index contributed by atoms with van der Waals surface area (Å²) in [6.45, 7) is 0. The molecule has 1 aromatic rings. The van der Waals surface area contributed by atoms with Gasteiger partial charge in [-0.05, 0) is 24.1 Å². The maximum absolute atomic E-state index is 13.0. The molecule has 88 valence electrons. The lowest BCUT2D eigenvalue weighted by Gasteiger charge is -2.09. The normalized spacial score (nSPS) is 12.2. The van der Waals surface area contributed by atoms with Crippen molar-refractivity contribution >= 4 is 5.97 Å². The monoisotopic (exact) mass is 231 g/mol. The van der Waals surface area contributed by atoms with Crippen LogP contribution in [-0.4, -0.2) is 24.2 Å². The molecule has 0 fully saturated rings. The van der Waals surface area contributed by atoms with E-state index in [4.69, 9.17) is 10.8 Å². The summed E-state index contributed by atoms with van der Waals surface area (Å²) in [7, 11) is 1.19. The molecule has 0 saturated carbocycles. The highest BCUT2D eigenvalue weighted by Crippen LogP contribution is 2.22. The lowest BCUT2D eigenvalue weighted by atomic mass is 10.1. The topological polar surface area (TPSA) is 72.5 Å². The number of ether oxygens (including phenoxy) is 1. The number of aliphatic carboxylic acids is 1. The molecule has 0 aliphatic carbocycles. The number of hydrogen-bond donors (Lipinski definition) is 2. The van der Waals surface area contributed by atoms with E-state index in [0.29, 0.717) is 0 Å². The summed E-state index contributed by atoms with van der Waals surface area (Å²) in [5.41, 5.74) is 5.54. The molecular weight excluding hydrogens is 220 g/mol. The van der Waals surface area contributed by atoms with Crippen LogP contribution >= 0.6 is 0 Å². The number of halogens is 2. The fourth-order valence-corrected chi connectivity index (χ4v) is 1.22. The smallest absolute Gasteiger partial charge is 0.320 e. The van der Waals surface area contributed by atoms with E-state index in [1.807, 2.05) is 0 Å². The minimum absolute atomic E-state index is 0.0944. The molecule has 1 rings (SSSR count). The molecule has 4 nitrogen and oxygen atoms in total. The maximum atomic E-state index is 13.0. The number of hydrogen-bond acceptors (Lipinski definition) is 3. The first-order chi connectivity index (χ1) is 7.45. The van der Waals surface area contributed by atoms with Crippen LogP contribution in [0.1, 0.15) is 5.56 Å². The van der Waals surface area contributed by atoms with Crippen molar-refractivity contribution in [1.82, 2.24) is 0 Å². The van der Waals surface area contributed by atoms with Crippen molar-refractivity contribution < 1.29 is 23.4 Å². The van der Waals surface area contributed by atoms with Gasteiger partial charge in [0.25, 0.3) is 0 Å². The fraction of sp³-hybridized carbons (Fsp3) is 0.300. The average Bonchev–Trinajstić information content (AvgIpc) is 2.22. The van der Waals surface area contributed by atoms with Crippen LogP contribution < -0.4 is 10.5 Å². The number of carboxylic acid groups (broad SMARTS) is 1. The Morgan fingerprint density at radius 1 is 1.56 bits per heavy atom. The molecule has 1 aromatic carbocycles. The van der Waals surface area contributed by atoms with E-state index in [1.165, 1.54) is 13.2 Å². The van der Waals surface area contributed by atoms with Crippen LogP contribution in [0.3, 0.4) is 0 Å². The molecule has 3 N–H and O–H groups in total. The zero-order valence-electron chi connectivity index (χ0n) is 8.54. The number of nitrogens with two attached hydrogens (primary N) is 1. The van der Waals surface area contributed by atoms with Crippen LogP contribution in [0.25, 0.3) is 0 Å². The molecule has 6 heteroatoms. The minimum Gasteiger partial charge on any atom is -0.494 e. The molecule has 0 aliphatic rings. The van der Waals surface area contributed by atoms with E-state index in [-0.39, 0.29) is 17.7 Å². The van der Waals surface area contributed by atoms with Gasteiger partial charge >= 0.3 is 5.97 Å². The van der Waals surface area contributed by atoms with E-state index in [0.717, 1.165) is 6.07 Å². The van der Waals surface area contributed by atoms with Gasteiger partial charge in [-0.2, -0.15) is 4.39 Å². The number of carboxylic acids is 1. The van der Waals surface area contributed by atoms with Crippen molar-refractivity contribution in [2.24, 2.45) is 5.73 Å². The summed E-state index contributed by atoms with van der Waals surface area (Å²) >= 11 is 0. The Balaban J connectivity index is 2.98. The van der Waals surface area contributed by atoms with E-state index in [2.05, 4.69) is 4.74 Å². The van der Waals surface area contributed by atoms with Crippen molar-refractivity contribution in [1.29, 1.82) is 0 Å². The second kappa shape index (κ2) is 4.89. The predicted molar refractivity (Wildman–Crippen MR) is 52.2 cm³/mol. The highest BCUT2D eigenvalue weighted by molar-refractivity contribution is 5.73. The highest BCUT2D eigenvalue weighted by atomic mass is 19.2. The molecule has 0 radical (unpaired) electrons. The number of methoxy groups -OCH3 is 1. The van der Waals surface area contributed by atoms with Crippen molar-refractivity contribution in [2.75, 3.05) is 7.11 Å². The first-order valence-electron chi connectivity index (χ1n) is 4.46. The maximum Gasteiger partial charge on any atom is 0.320 e. The van der Waals surface area contributed by atoms with Crippen molar-refractivity contribution in [3.8, 4) is 5.75 Å². The Kier molecular flexibility index (Phi) is 3.78. The van der Waals surface area contributed by atoms with Crippen LogP contribution in [0.2, 0.25) is 0 Å². The minimum atomic E-state index is -1.20. The van der Waals surface area contributed by atoms with E-state index >= 15 is 0 Å². The Morgan fingerprint density at radius 2 is 2.19 bits per heavy atom. The van der Waals surface area contributed by atoms with Crippen LogP contribution in [0.4, 0.5) is 8.78 Å². The fourth-order valence-electron chi connectivity index (χ4n) is 1.22. The van der Waals surface area contributed by atoms with Gasteiger partial charge in [-0.3, -0.25) is 4.79 Å². The summed E-state index contributed by atoms with van der Waals surface area (Å²) in [5.74, 6) is -3.67. The number of benzene rings is 1. The van der Waals surface area contributed by atoms with Gasteiger partial charge in [0.15, 0.2) is 11.6 Å². The Bertz CT molecular complexity index is 409. The molecule has 0 heterocycles. The quantitative estimate of drug-likeness (QED) is 0.808. The van der Waals surface area contributed by atoms with Gasteiger partial charge in [-0.25, -0.2) is 4.39 Å². The van der Waals surface area contributed by atoms with E-state index in [1.54, 1.807) is 0 Å². The molecule has 0 spiro atoms. The first-order valence-corrected chi connectivity index (χ1v) is 4.46. The Morgan fingerprint density at radius 3 is 2.69 bits per heavy atom. The standard InChI is InChI=1S/C10H11F2NO3/c1-16-8-4-5(2-6(11)9(8)12)3-7(13)10(14)15/h2,4,7H,3,13H2,1H3,(H,14,15). The summed E-state index contributed by atoms with van der Waals surface area (Å²) < 4.78 is 30.7. The van der Waals surface area contributed by atoms with Crippen LogP contribution in [0.5, 0.6) is 5.75 Å². The average molecular weight is 231 g/mol. The Labute approximate surface area is 90.6 Å². The molecular formula is C10H11F2NO3. The third-order valence-corrected chi connectivity index (χ3v) is 2.05. The van der Waals surface area contributed by atoms with Gasteiger partial charge in [0.1, 0.15) is 6.04 Å². The van der Waals surface area contributed by atoms with Gasteiger partial charge in [0.05, 0.1) is 7.11 Å². The van der Waals surface area contributed by atoms with E-state index in [9.17, 15) is 13.6 Å². The van der Waals surface area contributed by atoms with E-state index < -0.39 is 23.6 Å². The highest BCUT2D eigenvalue weighted by Gasteiger charge is 2.16. The summed E-state index contributed by atoms with van der Waals surface area (Å²) in [5, 5.41) is 8.57. The summed E-state index contributed by atoms with van der Waals surface area (Å²) in [4.78, 5) is 10.5. The zero-order valence-corrected chi connectivity index (χ0v) is 8.54. The largest absolute Gasteiger partial charge is 0.494 e. The molecule has 0 saturated heterocycles. The number of carbonyl (C=O) groups is 1. The van der Waals surface area contributed by atoms with Gasteiger partial charge in [0, 0.05) is 0 Å². The molecule has 0 aliphatic heterocycles. The lowest BCUT2D eigenvalue weighted by Crippen LogP contribution is -2.32. The second-order valence-electron chi connectivity index (χ2n) is 3.24. The molecule has 0 aromatic heterocycles. The van der Waals surface area contributed by atoms with Crippen molar-refractivity contribution in [3.05, 3.63) is 29.3 Å². The first kappa shape index (κ1) is 12.4. The molecule has 1 atom stereocenters. The summed E-state index contributed by atoms with van der Waals surface area (Å²) in [6, 6.07) is 0.969. The third kappa shape index (κ3) is 2.66. The zero-order chi connectivity index (χ0) is 12.3. The predicted octanol–water partition coefficient (Wildman–Crippen LogP) is 0.928. The van der Waals surface area contributed by atoms with Gasteiger partial charge in [-0.1, -0.05) is 0 Å². The lowest BCUT2D eigenvalue weighted by molar-refractivity contribution is -0.138. The third-order valence-electron chi connectivity index (χ3n) is 2.05. The Hall–Kier alpha value is -1.69. The van der Waals surface area contributed by atoms with Gasteiger partial charge in [0.2, 0.25) is 5.82 Å². The second-order valence-corrected chi connectivity index (χ2v) is 3.24. The van der Waals surface area contributed by atoms with Crippen molar-refractivity contribution in [2.45, 2.75) is 12.5 Å². The van der Waals surface area contributed by atoms with Crippen molar-refractivity contribution in [3.63, 3.8) is 0 Å². The SMILES string of the molecule is COc1cc(CC(N)C(=O)O)cc(F)c1F. The van der Waals surface area contributed by atoms with Crippen LogP contribution in [-0.2, 0) is 11.2 Å².